The fourth-order valence-corrected chi connectivity index (χ4v) is 2.66. The molecule has 6 nitrogen and oxygen atoms in total. The Morgan fingerprint density at radius 3 is 2.76 bits per heavy atom. The zero-order valence-electron chi connectivity index (χ0n) is 13.6. The van der Waals surface area contributed by atoms with Crippen molar-refractivity contribution in [2.75, 3.05) is 0 Å². The smallest absolute Gasteiger partial charge is 0.304 e. The first-order valence-electron chi connectivity index (χ1n) is 7.81. The zero-order valence-corrected chi connectivity index (χ0v) is 13.6. The van der Waals surface area contributed by atoms with Crippen LogP contribution in [0.3, 0.4) is 0 Å². The minimum absolute atomic E-state index is 0.0151. The fraction of sp³-hybridized carbons (Fsp3) is 0.167. The largest absolute Gasteiger partial charge is 0.306 e. The highest BCUT2D eigenvalue weighted by Gasteiger charge is 2.15. The van der Waals surface area contributed by atoms with E-state index in [9.17, 15) is 14.5 Å². The van der Waals surface area contributed by atoms with Crippen LogP contribution in [0.4, 0.5) is 10.1 Å². The summed E-state index contributed by atoms with van der Waals surface area (Å²) in [4.78, 5) is 9.95. The molecule has 1 N–H and O–H groups in total. The maximum absolute atomic E-state index is 13.7. The molecule has 3 rings (SSSR count). The van der Waals surface area contributed by atoms with Crippen LogP contribution in [-0.4, -0.2) is 14.7 Å². The third kappa shape index (κ3) is 3.72. The van der Waals surface area contributed by atoms with E-state index in [0.717, 1.165) is 11.3 Å². The van der Waals surface area contributed by atoms with E-state index in [4.69, 9.17) is 0 Å². The van der Waals surface area contributed by atoms with E-state index in [1.165, 1.54) is 12.1 Å². The number of para-hydroxylation sites is 1. The number of nitrogens with one attached hydrogen (secondary N) is 1. The van der Waals surface area contributed by atoms with Crippen molar-refractivity contribution in [3.8, 4) is 5.69 Å². The molecule has 0 aliphatic rings. The summed E-state index contributed by atoms with van der Waals surface area (Å²) < 4.78 is 15.5. The van der Waals surface area contributed by atoms with Gasteiger partial charge in [-0.25, -0.2) is 4.68 Å². The summed E-state index contributed by atoms with van der Waals surface area (Å²) in [6, 6.07) is 13.7. The van der Waals surface area contributed by atoms with Gasteiger partial charge < -0.3 is 5.32 Å². The minimum Gasteiger partial charge on any atom is -0.306 e. The van der Waals surface area contributed by atoms with Gasteiger partial charge in [-0.2, -0.15) is 9.49 Å². The molecule has 0 amide bonds. The summed E-state index contributed by atoms with van der Waals surface area (Å²) in [6.45, 7) is 2.40. The van der Waals surface area contributed by atoms with E-state index in [1.807, 2.05) is 43.5 Å². The Labute approximate surface area is 144 Å². The third-order valence-corrected chi connectivity index (χ3v) is 3.98. The lowest BCUT2D eigenvalue weighted by Gasteiger charge is -2.18. The van der Waals surface area contributed by atoms with Gasteiger partial charge in [0.15, 0.2) is 0 Å². The monoisotopic (exact) mass is 340 g/mol. The Bertz CT molecular complexity index is 881. The highest BCUT2D eigenvalue weighted by molar-refractivity contribution is 5.42. The lowest BCUT2D eigenvalue weighted by Crippen LogP contribution is -2.20. The molecule has 1 aromatic heterocycles. The van der Waals surface area contributed by atoms with Gasteiger partial charge in [-0.05, 0) is 36.2 Å². The van der Waals surface area contributed by atoms with Crippen molar-refractivity contribution < 1.29 is 9.31 Å². The normalized spacial score (nSPS) is 12.1. The summed E-state index contributed by atoms with van der Waals surface area (Å²) >= 11 is 0. The van der Waals surface area contributed by atoms with Gasteiger partial charge in [-0.3, -0.25) is 10.1 Å². The average Bonchev–Trinajstić information content (AvgIpc) is 3.14. The third-order valence-electron chi connectivity index (χ3n) is 3.98. The molecular weight excluding hydrogens is 323 g/mol. The van der Waals surface area contributed by atoms with Gasteiger partial charge in [-0.1, -0.05) is 24.3 Å². The number of hydrogen-bond donors (Lipinski definition) is 1. The van der Waals surface area contributed by atoms with Crippen LogP contribution in [0, 0.1) is 15.9 Å². The molecule has 3 aromatic rings. The predicted molar refractivity (Wildman–Crippen MR) is 91.9 cm³/mol. The standard InChI is InChI=1S/C18H17FN4O2/c1-13(15-5-2-3-6-17(15)22-10-4-9-21-22)20-12-14-7-8-18(23(24)25)16(19)11-14/h2-11,13,20H,12H2,1H3. The molecule has 128 valence electrons. The quantitative estimate of drug-likeness (QED) is 0.547. The van der Waals surface area contributed by atoms with E-state index < -0.39 is 16.4 Å². The number of benzene rings is 2. The van der Waals surface area contributed by atoms with Crippen LogP contribution in [-0.2, 0) is 6.54 Å². The first-order chi connectivity index (χ1) is 12.1. The van der Waals surface area contributed by atoms with E-state index >= 15 is 0 Å². The van der Waals surface area contributed by atoms with Gasteiger partial charge in [0.05, 0.1) is 10.6 Å². The van der Waals surface area contributed by atoms with Crippen molar-refractivity contribution in [3.05, 3.63) is 88.0 Å². The maximum atomic E-state index is 13.7. The fourth-order valence-electron chi connectivity index (χ4n) is 2.66. The molecule has 7 heteroatoms. The van der Waals surface area contributed by atoms with Crippen LogP contribution in [0.25, 0.3) is 5.69 Å². The summed E-state index contributed by atoms with van der Waals surface area (Å²) in [5.41, 5.74) is 2.14. The second kappa shape index (κ2) is 7.23. The van der Waals surface area contributed by atoms with Crippen molar-refractivity contribution in [3.63, 3.8) is 0 Å². The number of nitro groups is 1. The number of hydrogen-bond acceptors (Lipinski definition) is 4. The first-order valence-corrected chi connectivity index (χ1v) is 7.81. The number of nitrogens with zero attached hydrogens (tertiary/aromatic N) is 3. The molecule has 0 fully saturated rings. The van der Waals surface area contributed by atoms with Crippen molar-refractivity contribution in [2.24, 2.45) is 0 Å². The van der Waals surface area contributed by atoms with Crippen molar-refractivity contribution in [1.82, 2.24) is 15.1 Å². The summed E-state index contributed by atoms with van der Waals surface area (Å²) in [5, 5.41) is 18.3. The maximum Gasteiger partial charge on any atom is 0.304 e. The van der Waals surface area contributed by atoms with Crippen LogP contribution < -0.4 is 5.32 Å². The molecule has 2 aromatic carbocycles. The Kier molecular flexibility index (Phi) is 4.85. The molecule has 1 unspecified atom stereocenters. The average molecular weight is 340 g/mol. The molecule has 0 saturated heterocycles. The summed E-state index contributed by atoms with van der Waals surface area (Å²) in [6.07, 6.45) is 3.59. The van der Waals surface area contributed by atoms with Crippen LogP contribution in [0.2, 0.25) is 0 Å². The Balaban J connectivity index is 1.75. The number of rotatable bonds is 6. The number of halogens is 1. The van der Waals surface area contributed by atoms with Gasteiger partial charge in [0.1, 0.15) is 0 Å². The van der Waals surface area contributed by atoms with Crippen LogP contribution in [0.15, 0.2) is 60.9 Å². The number of aromatic nitrogens is 2. The molecule has 0 saturated carbocycles. The van der Waals surface area contributed by atoms with E-state index in [2.05, 4.69) is 10.4 Å². The summed E-state index contributed by atoms with van der Waals surface area (Å²) in [7, 11) is 0. The van der Waals surface area contributed by atoms with Gasteiger partial charge in [0.2, 0.25) is 5.82 Å². The minimum atomic E-state index is -0.825. The Morgan fingerprint density at radius 1 is 1.28 bits per heavy atom. The van der Waals surface area contributed by atoms with Crippen LogP contribution >= 0.6 is 0 Å². The highest BCUT2D eigenvalue weighted by Crippen LogP contribution is 2.22. The Hall–Kier alpha value is -3.06. The summed E-state index contributed by atoms with van der Waals surface area (Å²) in [5.74, 6) is -0.825. The topological polar surface area (TPSA) is 73.0 Å². The highest BCUT2D eigenvalue weighted by atomic mass is 19.1. The lowest BCUT2D eigenvalue weighted by atomic mass is 10.1. The van der Waals surface area contributed by atoms with E-state index in [-0.39, 0.29) is 6.04 Å². The molecular formula is C18H17FN4O2. The van der Waals surface area contributed by atoms with Crippen LogP contribution in [0.5, 0.6) is 0 Å². The molecule has 1 heterocycles. The second-order valence-electron chi connectivity index (χ2n) is 5.65. The lowest BCUT2D eigenvalue weighted by molar-refractivity contribution is -0.387. The second-order valence-corrected chi connectivity index (χ2v) is 5.65. The zero-order chi connectivity index (χ0) is 17.8. The molecule has 0 bridgehead atoms. The molecule has 25 heavy (non-hydrogen) atoms. The Morgan fingerprint density at radius 2 is 2.08 bits per heavy atom. The molecule has 0 radical (unpaired) electrons. The van der Waals surface area contributed by atoms with E-state index in [0.29, 0.717) is 12.1 Å². The number of nitro benzene ring substituents is 1. The predicted octanol–water partition coefficient (Wildman–Crippen LogP) is 3.77. The first kappa shape index (κ1) is 16.8. The van der Waals surface area contributed by atoms with Gasteiger partial charge in [-0.15, -0.1) is 0 Å². The van der Waals surface area contributed by atoms with E-state index in [1.54, 1.807) is 16.9 Å². The molecule has 0 spiro atoms. The molecule has 0 aliphatic heterocycles. The van der Waals surface area contributed by atoms with Crippen molar-refractivity contribution in [2.45, 2.75) is 19.5 Å². The molecule has 0 aliphatic carbocycles. The van der Waals surface area contributed by atoms with Gasteiger partial charge in [0, 0.05) is 31.0 Å². The SMILES string of the molecule is CC(NCc1ccc([N+](=O)[O-])c(F)c1)c1ccccc1-n1cccn1. The van der Waals surface area contributed by atoms with Gasteiger partial charge >= 0.3 is 5.69 Å². The molecule has 1 atom stereocenters. The van der Waals surface area contributed by atoms with Crippen LogP contribution in [0.1, 0.15) is 24.1 Å². The van der Waals surface area contributed by atoms with Crippen molar-refractivity contribution in [1.29, 1.82) is 0 Å². The van der Waals surface area contributed by atoms with Crippen molar-refractivity contribution >= 4 is 5.69 Å². The van der Waals surface area contributed by atoms with Gasteiger partial charge in [0.25, 0.3) is 0 Å².